The Balaban J connectivity index is 1.76. The molecular weight excluding hydrogens is 395 g/mol. The lowest BCUT2D eigenvalue weighted by Crippen LogP contribution is -2.49. The molecule has 0 unspecified atom stereocenters. The first kappa shape index (κ1) is 19.8. The topological polar surface area (TPSA) is 57.6 Å². The summed E-state index contributed by atoms with van der Waals surface area (Å²) >= 11 is 0. The Morgan fingerprint density at radius 2 is 1.60 bits per heavy atom. The molecule has 0 radical (unpaired) electrons. The third-order valence-corrected chi connectivity index (χ3v) is 5.14. The number of aliphatic hydroxyl groups is 1. The van der Waals surface area contributed by atoms with Crippen LogP contribution in [0.4, 0.5) is 18.9 Å². The Morgan fingerprint density at radius 3 is 2.27 bits per heavy atom. The molecule has 0 saturated carbocycles. The summed E-state index contributed by atoms with van der Waals surface area (Å²) in [5, 5.41) is 11.1. The fourth-order valence-electron chi connectivity index (χ4n) is 3.60. The molecule has 1 N–H and O–H groups in total. The van der Waals surface area contributed by atoms with Gasteiger partial charge in [0.05, 0.1) is 12.2 Å². The highest BCUT2D eigenvalue weighted by Crippen LogP contribution is 2.45. The molecule has 0 spiro atoms. The molecule has 30 heavy (non-hydrogen) atoms. The summed E-state index contributed by atoms with van der Waals surface area (Å²) < 4.78 is 42.4. The number of amides is 1. The number of fused-ring (bicyclic) bond motifs is 1. The van der Waals surface area contributed by atoms with E-state index in [1.807, 2.05) is 0 Å². The maximum Gasteiger partial charge on any atom is 0.267 e. The van der Waals surface area contributed by atoms with Crippen LogP contribution >= 0.6 is 0 Å². The van der Waals surface area contributed by atoms with E-state index in [1.54, 1.807) is 30.3 Å². The molecule has 0 bridgehead atoms. The number of carbonyl (C=O) groups is 2. The molecule has 2 atom stereocenters. The first-order valence-electron chi connectivity index (χ1n) is 9.14. The first-order valence-corrected chi connectivity index (χ1v) is 9.14. The molecule has 1 amide bonds. The molecule has 4 nitrogen and oxygen atoms in total. The molecule has 1 heterocycles. The molecule has 4 rings (SSSR count). The average Bonchev–Trinajstić information content (AvgIpc) is 2.96. The van der Waals surface area contributed by atoms with Crippen LogP contribution in [-0.2, 0) is 16.9 Å². The van der Waals surface area contributed by atoms with Gasteiger partial charge < -0.3 is 10.0 Å². The summed E-state index contributed by atoms with van der Waals surface area (Å²) in [7, 11) is 0. The molecule has 152 valence electrons. The Labute approximate surface area is 170 Å². The van der Waals surface area contributed by atoms with E-state index in [9.17, 15) is 23.5 Å². The van der Waals surface area contributed by atoms with Gasteiger partial charge in [0.25, 0.3) is 5.91 Å². The zero-order chi connectivity index (χ0) is 21.5. The lowest BCUT2D eigenvalue weighted by Gasteiger charge is -2.26. The number of alkyl halides is 1. The number of hydrogen-bond acceptors (Lipinski definition) is 3. The van der Waals surface area contributed by atoms with Crippen molar-refractivity contribution in [3.8, 4) is 0 Å². The summed E-state index contributed by atoms with van der Waals surface area (Å²) in [5.41, 5.74) is -2.64. The van der Waals surface area contributed by atoms with Crippen molar-refractivity contribution in [2.45, 2.75) is 18.3 Å². The monoisotopic (exact) mass is 411 g/mol. The smallest absolute Gasteiger partial charge is 0.267 e. The van der Waals surface area contributed by atoms with Crippen LogP contribution in [-0.4, -0.2) is 23.0 Å². The lowest BCUT2D eigenvalue weighted by atomic mass is 9.86. The van der Waals surface area contributed by atoms with Gasteiger partial charge >= 0.3 is 0 Å². The predicted octanol–water partition coefficient (Wildman–Crippen LogP) is 3.92. The van der Waals surface area contributed by atoms with Crippen molar-refractivity contribution in [3.63, 3.8) is 0 Å². The van der Waals surface area contributed by atoms with E-state index >= 15 is 4.39 Å². The maximum atomic E-state index is 15.4. The van der Waals surface area contributed by atoms with E-state index in [0.29, 0.717) is 5.56 Å². The Hall–Kier alpha value is -3.45. The first-order chi connectivity index (χ1) is 14.3. The van der Waals surface area contributed by atoms with E-state index in [4.69, 9.17) is 0 Å². The third-order valence-electron chi connectivity index (χ3n) is 5.14. The Kier molecular flexibility index (Phi) is 4.91. The zero-order valence-electron chi connectivity index (χ0n) is 15.6. The van der Waals surface area contributed by atoms with Crippen LogP contribution in [0.25, 0.3) is 0 Å². The van der Waals surface area contributed by atoms with Gasteiger partial charge in [-0.1, -0.05) is 30.3 Å². The zero-order valence-corrected chi connectivity index (χ0v) is 15.6. The normalized spacial score (nSPS) is 18.9. The van der Waals surface area contributed by atoms with Crippen molar-refractivity contribution in [1.82, 2.24) is 0 Å². The number of anilines is 1. The highest BCUT2D eigenvalue weighted by atomic mass is 19.1. The van der Waals surface area contributed by atoms with Crippen molar-refractivity contribution in [2.24, 2.45) is 0 Å². The van der Waals surface area contributed by atoms with Gasteiger partial charge in [0, 0.05) is 11.1 Å². The van der Waals surface area contributed by atoms with E-state index in [2.05, 4.69) is 0 Å². The molecule has 1 aliphatic rings. The summed E-state index contributed by atoms with van der Waals surface area (Å²) in [6, 6.07) is 16.0. The number of nitrogens with zero attached hydrogens (tertiary/aromatic N) is 1. The SMILES string of the molecule is O=C(c1ccc(F)cc1)[C@@H](F)[C@@]1(O)C(=O)N(Cc2ccccc2)c2ccc(F)cc21. The molecule has 1 aliphatic heterocycles. The van der Waals surface area contributed by atoms with Gasteiger partial charge in [-0.3, -0.25) is 9.59 Å². The molecular formula is C23H16F3NO3. The van der Waals surface area contributed by atoms with Gasteiger partial charge in [-0.25, -0.2) is 13.2 Å². The predicted molar refractivity (Wildman–Crippen MR) is 104 cm³/mol. The van der Waals surface area contributed by atoms with Crippen LogP contribution < -0.4 is 4.90 Å². The van der Waals surface area contributed by atoms with Gasteiger partial charge in [-0.15, -0.1) is 0 Å². The maximum absolute atomic E-state index is 15.4. The van der Waals surface area contributed by atoms with Crippen LogP contribution in [0, 0.1) is 11.6 Å². The molecule has 3 aromatic rings. The van der Waals surface area contributed by atoms with E-state index in [1.165, 1.54) is 6.07 Å². The van der Waals surface area contributed by atoms with Gasteiger partial charge in [-0.05, 0) is 48.0 Å². The molecule has 3 aromatic carbocycles. The van der Waals surface area contributed by atoms with Gasteiger partial charge in [0.1, 0.15) is 11.6 Å². The minimum absolute atomic E-state index is 0.00191. The number of halogens is 3. The van der Waals surface area contributed by atoms with Crippen molar-refractivity contribution < 1.29 is 27.9 Å². The van der Waals surface area contributed by atoms with Crippen LogP contribution in [0.5, 0.6) is 0 Å². The van der Waals surface area contributed by atoms with Gasteiger partial charge in [0.2, 0.25) is 17.6 Å². The fourth-order valence-corrected chi connectivity index (χ4v) is 3.60. The van der Waals surface area contributed by atoms with Crippen molar-refractivity contribution in [1.29, 1.82) is 0 Å². The minimum atomic E-state index is -2.91. The second kappa shape index (κ2) is 7.42. The fraction of sp³-hybridized carbons (Fsp3) is 0.130. The number of ketones is 1. The van der Waals surface area contributed by atoms with Crippen LogP contribution in [0.2, 0.25) is 0 Å². The van der Waals surface area contributed by atoms with Crippen LogP contribution in [0.3, 0.4) is 0 Å². The van der Waals surface area contributed by atoms with Gasteiger partial charge in [0.15, 0.2) is 0 Å². The van der Waals surface area contributed by atoms with Crippen molar-refractivity contribution in [2.75, 3.05) is 4.90 Å². The standard InChI is InChI=1S/C23H16F3NO3/c24-16-8-6-15(7-9-16)20(28)21(26)23(30)18-12-17(25)10-11-19(18)27(22(23)29)13-14-4-2-1-3-5-14/h1-12,21,30H,13H2/t21-,23-/m1/s1. The van der Waals surface area contributed by atoms with E-state index in [0.717, 1.165) is 41.3 Å². The van der Waals surface area contributed by atoms with E-state index in [-0.39, 0.29) is 23.4 Å². The van der Waals surface area contributed by atoms with Crippen LogP contribution in [0.1, 0.15) is 21.5 Å². The number of rotatable bonds is 5. The summed E-state index contributed by atoms with van der Waals surface area (Å²) in [6.07, 6.45) is -2.71. The summed E-state index contributed by atoms with van der Waals surface area (Å²) in [4.78, 5) is 26.9. The summed E-state index contributed by atoms with van der Waals surface area (Å²) in [6.45, 7) is -0.00191. The highest BCUT2D eigenvalue weighted by Gasteiger charge is 2.58. The quantitative estimate of drug-likeness (QED) is 0.648. The second-order valence-electron chi connectivity index (χ2n) is 7.04. The van der Waals surface area contributed by atoms with E-state index < -0.39 is 35.1 Å². The van der Waals surface area contributed by atoms with Crippen molar-refractivity contribution >= 4 is 17.4 Å². The minimum Gasteiger partial charge on any atom is -0.373 e. The molecule has 0 fully saturated rings. The average molecular weight is 411 g/mol. The molecule has 0 aromatic heterocycles. The third kappa shape index (κ3) is 3.17. The Bertz CT molecular complexity index is 1120. The second-order valence-corrected chi connectivity index (χ2v) is 7.04. The molecule has 0 saturated heterocycles. The lowest BCUT2D eigenvalue weighted by molar-refractivity contribution is -0.141. The van der Waals surface area contributed by atoms with Gasteiger partial charge in [-0.2, -0.15) is 0 Å². The number of Topliss-reactive ketones (excluding diaryl/α,β-unsaturated/α-hetero) is 1. The van der Waals surface area contributed by atoms with Crippen molar-refractivity contribution in [3.05, 3.63) is 101 Å². The van der Waals surface area contributed by atoms with Crippen LogP contribution in [0.15, 0.2) is 72.8 Å². The number of benzene rings is 3. The molecule has 0 aliphatic carbocycles. The summed E-state index contributed by atoms with van der Waals surface area (Å²) in [5.74, 6) is -3.69. The highest BCUT2D eigenvalue weighted by molar-refractivity contribution is 6.12. The Morgan fingerprint density at radius 1 is 0.967 bits per heavy atom. The number of hydrogen-bond donors (Lipinski definition) is 1. The molecule has 7 heteroatoms. The number of carbonyl (C=O) groups excluding carboxylic acids is 2. The largest absolute Gasteiger partial charge is 0.373 e.